The molecular weight excluding hydrogens is 292 g/mol. The number of hydrogen-bond acceptors (Lipinski definition) is 5. The summed E-state index contributed by atoms with van der Waals surface area (Å²) in [7, 11) is 0. The van der Waals surface area contributed by atoms with Crippen LogP contribution in [0, 0.1) is 0 Å². The van der Waals surface area contributed by atoms with Crippen molar-refractivity contribution in [3.63, 3.8) is 0 Å². The Balaban J connectivity index is 1.78. The van der Waals surface area contributed by atoms with E-state index < -0.39 is 5.97 Å². The van der Waals surface area contributed by atoms with Crippen molar-refractivity contribution in [2.45, 2.75) is 6.54 Å². The molecule has 0 amide bonds. The number of aromatic nitrogens is 3. The van der Waals surface area contributed by atoms with Crippen molar-refractivity contribution in [1.29, 1.82) is 0 Å². The van der Waals surface area contributed by atoms with Gasteiger partial charge in [0.05, 0.1) is 23.6 Å². The molecule has 0 spiro atoms. The molecule has 114 valence electrons. The SMILES string of the molecule is O=C(O)c1cccnc1NCc1cccc(-c2ccccn2)n1. The summed E-state index contributed by atoms with van der Waals surface area (Å²) < 4.78 is 0. The van der Waals surface area contributed by atoms with Crippen LogP contribution >= 0.6 is 0 Å². The first-order valence-corrected chi connectivity index (χ1v) is 7.03. The molecule has 3 rings (SSSR count). The maximum atomic E-state index is 11.2. The monoisotopic (exact) mass is 306 g/mol. The predicted molar refractivity (Wildman–Crippen MR) is 86.0 cm³/mol. The Morgan fingerprint density at radius 2 is 1.78 bits per heavy atom. The van der Waals surface area contributed by atoms with Gasteiger partial charge in [0.1, 0.15) is 11.4 Å². The van der Waals surface area contributed by atoms with Gasteiger partial charge in [-0.1, -0.05) is 12.1 Å². The van der Waals surface area contributed by atoms with E-state index >= 15 is 0 Å². The molecule has 0 aromatic carbocycles. The van der Waals surface area contributed by atoms with Gasteiger partial charge in [0.2, 0.25) is 0 Å². The number of anilines is 1. The molecule has 0 aliphatic heterocycles. The van der Waals surface area contributed by atoms with Crippen LogP contribution < -0.4 is 5.32 Å². The molecule has 0 aliphatic carbocycles. The van der Waals surface area contributed by atoms with E-state index in [0.29, 0.717) is 12.4 Å². The van der Waals surface area contributed by atoms with E-state index in [0.717, 1.165) is 17.1 Å². The highest BCUT2D eigenvalue weighted by Gasteiger charge is 2.10. The number of carboxylic acid groups (broad SMARTS) is 1. The molecule has 6 nitrogen and oxygen atoms in total. The molecule has 6 heteroatoms. The van der Waals surface area contributed by atoms with Crippen molar-refractivity contribution in [2.75, 3.05) is 5.32 Å². The highest BCUT2D eigenvalue weighted by atomic mass is 16.4. The Morgan fingerprint density at radius 1 is 0.957 bits per heavy atom. The second-order valence-corrected chi connectivity index (χ2v) is 4.79. The van der Waals surface area contributed by atoms with Gasteiger partial charge in [-0.25, -0.2) is 14.8 Å². The highest BCUT2D eigenvalue weighted by molar-refractivity contribution is 5.92. The summed E-state index contributed by atoms with van der Waals surface area (Å²) in [6.45, 7) is 0.373. The molecular formula is C17H14N4O2. The van der Waals surface area contributed by atoms with Crippen LogP contribution in [0.5, 0.6) is 0 Å². The van der Waals surface area contributed by atoms with E-state index in [2.05, 4.69) is 20.3 Å². The number of carbonyl (C=O) groups is 1. The molecule has 0 saturated heterocycles. The van der Waals surface area contributed by atoms with Gasteiger partial charge in [-0.05, 0) is 36.4 Å². The molecule has 0 radical (unpaired) electrons. The van der Waals surface area contributed by atoms with Crippen LogP contribution in [0.25, 0.3) is 11.4 Å². The minimum absolute atomic E-state index is 0.133. The van der Waals surface area contributed by atoms with Gasteiger partial charge in [-0.2, -0.15) is 0 Å². The minimum atomic E-state index is -1.02. The number of aromatic carboxylic acids is 1. The smallest absolute Gasteiger partial charge is 0.339 e. The number of nitrogens with one attached hydrogen (secondary N) is 1. The summed E-state index contributed by atoms with van der Waals surface area (Å²) in [6, 6.07) is 14.4. The van der Waals surface area contributed by atoms with Crippen LogP contribution in [0.15, 0.2) is 60.9 Å². The molecule has 0 aliphatic rings. The number of hydrogen-bond donors (Lipinski definition) is 2. The Kier molecular flexibility index (Phi) is 4.24. The Bertz CT molecular complexity index is 822. The lowest BCUT2D eigenvalue weighted by Gasteiger charge is -2.08. The summed E-state index contributed by atoms with van der Waals surface area (Å²) in [5, 5.41) is 12.2. The van der Waals surface area contributed by atoms with Crippen LogP contribution in [0.4, 0.5) is 5.82 Å². The normalized spacial score (nSPS) is 10.3. The number of rotatable bonds is 5. The van der Waals surface area contributed by atoms with Gasteiger partial charge < -0.3 is 10.4 Å². The highest BCUT2D eigenvalue weighted by Crippen LogP contribution is 2.16. The molecule has 0 saturated carbocycles. The Hall–Kier alpha value is -3.28. The van der Waals surface area contributed by atoms with Gasteiger partial charge in [-0.3, -0.25) is 4.98 Å². The van der Waals surface area contributed by atoms with E-state index in [1.54, 1.807) is 18.5 Å². The standard InChI is InChI=1S/C17H14N4O2/c22-17(23)13-6-4-10-19-16(13)20-11-12-5-3-8-15(21-12)14-7-1-2-9-18-14/h1-10H,11H2,(H,19,20)(H,22,23). The van der Waals surface area contributed by atoms with Crippen LogP contribution in [0.1, 0.15) is 16.1 Å². The van der Waals surface area contributed by atoms with Crippen LogP contribution in [-0.2, 0) is 6.54 Å². The van der Waals surface area contributed by atoms with E-state index in [4.69, 9.17) is 5.11 Å². The topological polar surface area (TPSA) is 88.0 Å². The first-order valence-electron chi connectivity index (χ1n) is 7.03. The lowest BCUT2D eigenvalue weighted by Crippen LogP contribution is -2.09. The van der Waals surface area contributed by atoms with Crippen molar-refractivity contribution in [1.82, 2.24) is 15.0 Å². The third-order valence-electron chi connectivity index (χ3n) is 3.21. The third-order valence-corrected chi connectivity index (χ3v) is 3.21. The van der Waals surface area contributed by atoms with Gasteiger partial charge >= 0.3 is 5.97 Å². The zero-order chi connectivity index (χ0) is 16.1. The fourth-order valence-corrected chi connectivity index (χ4v) is 2.13. The second kappa shape index (κ2) is 6.65. The van der Waals surface area contributed by atoms with Crippen molar-refractivity contribution in [3.8, 4) is 11.4 Å². The molecule has 0 atom stereocenters. The summed E-state index contributed by atoms with van der Waals surface area (Å²) in [4.78, 5) is 24.0. The Labute approximate surface area is 132 Å². The lowest BCUT2D eigenvalue weighted by atomic mass is 10.2. The summed E-state index contributed by atoms with van der Waals surface area (Å²) in [5.41, 5.74) is 2.46. The van der Waals surface area contributed by atoms with E-state index in [1.807, 2.05) is 36.4 Å². The van der Waals surface area contributed by atoms with Crippen molar-refractivity contribution < 1.29 is 9.90 Å². The van der Waals surface area contributed by atoms with Crippen molar-refractivity contribution in [3.05, 3.63) is 72.2 Å². The van der Waals surface area contributed by atoms with E-state index in [-0.39, 0.29) is 5.56 Å². The molecule has 0 fully saturated rings. The van der Waals surface area contributed by atoms with Crippen molar-refractivity contribution >= 4 is 11.8 Å². The molecule has 3 heterocycles. The van der Waals surface area contributed by atoms with Gasteiger partial charge in [-0.15, -0.1) is 0 Å². The van der Waals surface area contributed by atoms with Crippen LogP contribution in [0.3, 0.4) is 0 Å². The third kappa shape index (κ3) is 3.49. The van der Waals surface area contributed by atoms with E-state index in [1.165, 1.54) is 6.07 Å². The minimum Gasteiger partial charge on any atom is -0.478 e. The summed E-state index contributed by atoms with van der Waals surface area (Å²) >= 11 is 0. The first-order chi connectivity index (χ1) is 11.2. The maximum Gasteiger partial charge on any atom is 0.339 e. The predicted octanol–water partition coefficient (Wildman–Crippen LogP) is 2.85. The lowest BCUT2D eigenvalue weighted by molar-refractivity contribution is 0.0697. The van der Waals surface area contributed by atoms with E-state index in [9.17, 15) is 4.79 Å². The number of nitrogens with zero attached hydrogens (tertiary/aromatic N) is 3. The average Bonchev–Trinajstić information content (AvgIpc) is 2.61. The molecule has 0 bridgehead atoms. The second-order valence-electron chi connectivity index (χ2n) is 4.79. The summed E-state index contributed by atoms with van der Waals surface area (Å²) in [5.74, 6) is -0.694. The molecule has 0 unspecified atom stereocenters. The Morgan fingerprint density at radius 3 is 2.57 bits per heavy atom. The van der Waals surface area contributed by atoms with Gasteiger partial charge in [0, 0.05) is 12.4 Å². The fraction of sp³-hybridized carbons (Fsp3) is 0.0588. The molecule has 23 heavy (non-hydrogen) atoms. The average molecular weight is 306 g/mol. The fourth-order valence-electron chi connectivity index (χ4n) is 2.13. The maximum absolute atomic E-state index is 11.2. The zero-order valence-electron chi connectivity index (χ0n) is 12.2. The number of carboxylic acids is 1. The molecule has 3 aromatic heterocycles. The quantitative estimate of drug-likeness (QED) is 0.753. The van der Waals surface area contributed by atoms with Gasteiger partial charge in [0.15, 0.2) is 0 Å². The van der Waals surface area contributed by atoms with Crippen LogP contribution in [0.2, 0.25) is 0 Å². The van der Waals surface area contributed by atoms with Gasteiger partial charge in [0.25, 0.3) is 0 Å². The number of pyridine rings is 3. The zero-order valence-corrected chi connectivity index (χ0v) is 12.2. The molecule has 2 N–H and O–H groups in total. The molecule has 3 aromatic rings. The van der Waals surface area contributed by atoms with Crippen molar-refractivity contribution in [2.24, 2.45) is 0 Å². The van der Waals surface area contributed by atoms with Crippen LogP contribution in [-0.4, -0.2) is 26.0 Å². The first kappa shape index (κ1) is 14.6. The largest absolute Gasteiger partial charge is 0.478 e. The summed E-state index contributed by atoms with van der Waals surface area (Å²) in [6.07, 6.45) is 3.27.